The summed E-state index contributed by atoms with van der Waals surface area (Å²) in [5.74, 6) is 0.765. The zero-order chi connectivity index (χ0) is 13.0. The van der Waals surface area contributed by atoms with Gasteiger partial charge in [-0.15, -0.1) is 11.6 Å². The summed E-state index contributed by atoms with van der Waals surface area (Å²) in [5.41, 5.74) is 1.19. The maximum atomic E-state index is 5.90. The first-order valence-corrected chi connectivity index (χ1v) is 7.58. The zero-order valence-electron chi connectivity index (χ0n) is 11.5. The third-order valence-corrected chi connectivity index (χ3v) is 3.97. The van der Waals surface area contributed by atoms with Crippen molar-refractivity contribution in [2.24, 2.45) is 0 Å². The monoisotopic (exact) mass is 269 g/mol. The van der Waals surface area contributed by atoms with Crippen molar-refractivity contribution in [1.29, 1.82) is 0 Å². The van der Waals surface area contributed by atoms with E-state index in [0.29, 0.717) is 12.1 Å². The van der Waals surface area contributed by atoms with Gasteiger partial charge in [0.2, 0.25) is 0 Å². The predicted octanol–water partition coefficient (Wildman–Crippen LogP) is 3.45. The summed E-state index contributed by atoms with van der Waals surface area (Å²) in [4.78, 5) is 2.55. The molecule has 1 atom stereocenters. The van der Waals surface area contributed by atoms with Crippen LogP contribution in [0.1, 0.15) is 51.3 Å². The van der Waals surface area contributed by atoms with E-state index >= 15 is 0 Å². The van der Waals surface area contributed by atoms with Crippen LogP contribution in [0.15, 0.2) is 12.3 Å². The van der Waals surface area contributed by atoms with Crippen LogP contribution < -0.4 is 0 Å². The second-order valence-electron chi connectivity index (χ2n) is 5.48. The smallest absolute Gasteiger partial charge is 0.0764 e. The van der Waals surface area contributed by atoms with Gasteiger partial charge in [-0.05, 0) is 45.7 Å². The number of hydrogen-bond donors (Lipinski definition) is 0. The second kappa shape index (κ2) is 6.58. The van der Waals surface area contributed by atoms with Crippen LogP contribution in [0.3, 0.4) is 0 Å². The summed E-state index contributed by atoms with van der Waals surface area (Å²) in [5, 5.41) is 4.64. The number of aromatic nitrogens is 2. The Morgan fingerprint density at radius 2 is 2.28 bits per heavy atom. The van der Waals surface area contributed by atoms with Crippen LogP contribution in [-0.2, 0) is 6.54 Å². The Hall–Kier alpha value is -0.540. The molecule has 1 aromatic rings. The zero-order valence-corrected chi connectivity index (χ0v) is 12.2. The maximum Gasteiger partial charge on any atom is 0.0764 e. The second-order valence-corrected chi connectivity index (χ2v) is 5.86. The molecule has 2 rings (SSSR count). The van der Waals surface area contributed by atoms with Gasteiger partial charge in [0.15, 0.2) is 0 Å². The number of alkyl halides is 1. The molecule has 0 aromatic carbocycles. The molecular weight excluding hydrogens is 246 g/mol. The molecule has 0 N–H and O–H groups in total. The Morgan fingerprint density at radius 1 is 1.44 bits per heavy atom. The van der Waals surface area contributed by atoms with Gasteiger partial charge >= 0.3 is 0 Å². The van der Waals surface area contributed by atoms with Crippen LogP contribution in [-0.4, -0.2) is 33.1 Å². The summed E-state index contributed by atoms with van der Waals surface area (Å²) in [6, 6.07) is 3.24. The van der Waals surface area contributed by atoms with Crippen molar-refractivity contribution in [3.8, 4) is 0 Å². The normalized spacial score (nSPS) is 21.7. The Balaban J connectivity index is 1.97. The first kappa shape index (κ1) is 13.9. The number of halogens is 1. The van der Waals surface area contributed by atoms with E-state index in [9.17, 15) is 0 Å². The summed E-state index contributed by atoms with van der Waals surface area (Å²) in [6.45, 7) is 6.49. The van der Waals surface area contributed by atoms with Crippen molar-refractivity contribution >= 4 is 11.6 Å². The number of piperidine rings is 1. The maximum absolute atomic E-state index is 5.90. The van der Waals surface area contributed by atoms with Crippen LogP contribution in [0.4, 0.5) is 0 Å². The largest absolute Gasteiger partial charge is 0.294 e. The van der Waals surface area contributed by atoms with Gasteiger partial charge in [-0.3, -0.25) is 9.58 Å². The Bertz CT molecular complexity index is 360. The molecular formula is C14H24ClN3. The van der Waals surface area contributed by atoms with E-state index in [1.54, 1.807) is 0 Å². The molecule has 1 unspecified atom stereocenters. The van der Waals surface area contributed by atoms with E-state index in [1.165, 1.54) is 31.5 Å². The van der Waals surface area contributed by atoms with Crippen molar-refractivity contribution in [1.82, 2.24) is 14.7 Å². The predicted molar refractivity (Wildman–Crippen MR) is 76.0 cm³/mol. The van der Waals surface area contributed by atoms with Gasteiger partial charge < -0.3 is 0 Å². The first-order chi connectivity index (χ1) is 8.70. The quantitative estimate of drug-likeness (QED) is 0.764. The van der Waals surface area contributed by atoms with Crippen LogP contribution >= 0.6 is 11.6 Å². The minimum Gasteiger partial charge on any atom is -0.294 e. The fourth-order valence-corrected chi connectivity index (χ4v) is 2.93. The minimum atomic E-state index is 0.443. The lowest BCUT2D eigenvalue weighted by molar-refractivity contribution is 0.134. The molecule has 1 aliphatic heterocycles. The lowest BCUT2D eigenvalue weighted by Crippen LogP contribution is -2.39. The molecule has 0 saturated carbocycles. The molecule has 2 heterocycles. The van der Waals surface area contributed by atoms with Crippen LogP contribution in [0.25, 0.3) is 0 Å². The SMILES string of the molecule is CC(C)n1ccc(CN2CCCCC2CCCl)n1. The molecule has 0 aliphatic carbocycles. The highest BCUT2D eigenvalue weighted by molar-refractivity contribution is 6.17. The topological polar surface area (TPSA) is 21.1 Å². The number of nitrogens with zero attached hydrogens (tertiary/aromatic N) is 3. The summed E-state index contributed by atoms with van der Waals surface area (Å²) >= 11 is 5.90. The van der Waals surface area contributed by atoms with Crippen molar-refractivity contribution in [3.05, 3.63) is 18.0 Å². The van der Waals surface area contributed by atoms with E-state index in [2.05, 4.69) is 36.1 Å². The van der Waals surface area contributed by atoms with Gasteiger partial charge in [0.25, 0.3) is 0 Å². The molecule has 0 radical (unpaired) electrons. The van der Waals surface area contributed by atoms with Gasteiger partial charge in [0.1, 0.15) is 0 Å². The standard InChI is InChI=1S/C14H24ClN3/c1-12(2)18-10-7-13(16-18)11-17-9-4-3-5-14(17)6-8-15/h7,10,12,14H,3-6,8-9,11H2,1-2H3. The summed E-state index contributed by atoms with van der Waals surface area (Å²) in [7, 11) is 0. The van der Waals surface area contributed by atoms with Crippen molar-refractivity contribution in [2.45, 2.75) is 58.2 Å². The van der Waals surface area contributed by atoms with E-state index in [-0.39, 0.29) is 0 Å². The van der Waals surface area contributed by atoms with Gasteiger partial charge in [-0.1, -0.05) is 6.42 Å². The summed E-state index contributed by atoms with van der Waals surface area (Å²) < 4.78 is 2.04. The van der Waals surface area contributed by atoms with Gasteiger partial charge in [-0.25, -0.2) is 0 Å². The Labute approximate surface area is 115 Å². The fraction of sp³-hybridized carbons (Fsp3) is 0.786. The lowest BCUT2D eigenvalue weighted by Gasteiger charge is -2.34. The fourth-order valence-electron chi connectivity index (χ4n) is 2.68. The highest BCUT2D eigenvalue weighted by atomic mass is 35.5. The highest BCUT2D eigenvalue weighted by Crippen LogP contribution is 2.22. The van der Waals surface area contributed by atoms with Gasteiger partial charge in [0, 0.05) is 30.7 Å². The average Bonchev–Trinajstić information content (AvgIpc) is 2.81. The van der Waals surface area contributed by atoms with E-state index in [1.807, 2.05) is 4.68 Å². The van der Waals surface area contributed by atoms with Crippen LogP contribution in [0.5, 0.6) is 0 Å². The average molecular weight is 270 g/mol. The van der Waals surface area contributed by atoms with Crippen molar-refractivity contribution in [3.63, 3.8) is 0 Å². The number of likely N-dealkylation sites (tertiary alicyclic amines) is 1. The number of hydrogen-bond acceptors (Lipinski definition) is 2. The number of rotatable bonds is 5. The van der Waals surface area contributed by atoms with Gasteiger partial charge in [-0.2, -0.15) is 5.10 Å². The minimum absolute atomic E-state index is 0.443. The van der Waals surface area contributed by atoms with Crippen LogP contribution in [0, 0.1) is 0 Å². The Morgan fingerprint density at radius 3 is 2.94 bits per heavy atom. The molecule has 3 nitrogen and oxygen atoms in total. The summed E-state index contributed by atoms with van der Waals surface area (Å²) in [6.07, 6.45) is 7.13. The van der Waals surface area contributed by atoms with E-state index in [0.717, 1.165) is 18.8 Å². The van der Waals surface area contributed by atoms with E-state index in [4.69, 9.17) is 11.6 Å². The Kier molecular flexibility index (Phi) is 5.07. The lowest BCUT2D eigenvalue weighted by atomic mass is 10.00. The molecule has 4 heteroatoms. The molecule has 18 heavy (non-hydrogen) atoms. The molecule has 1 aliphatic rings. The molecule has 1 aromatic heterocycles. The van der Waals surface area contributed by atoms with Crippen molar-refractivity contribution < 1.29 is 0 Å². The third kappa shape index (κ3) is 3.48. The highest BCUT2D eigenvalue weighted by Gasteiger charge is 2.22. The molecule has 102 valence electrons. The third-order valence-electron chi connectivity index (χ3n) is 3.75. The molecule has 1 saturated heterocycles. The van der Waals surface area contributed by atoms with Crippen molar-refractivity contribution in [2.75, 3.05) is 12.4 Å². The first-order valence-electron chi connectivity index (χ1n) is 7.04. The molecule has 0 bridgehead atoms. The van der Waals surface area contributed by atoms with Crippen LogP contribution in [0.2, 0.25) is 0 Å². The van der Waals surface area contributed by atoms with E-state index < -0.39 is 0 Å². The molecule has 0 amide bonds. The molecule has 1 fully saturated rings. The van der Waals surface area contributed by atoms with Gasteiger partial charge in [0.05, 0.1) is 5.69 Å². The molecule has 0 spiro atoms.